The van der Waals surface area contributed by atoms with Crippen molar-refractivity contribution in [1.82, 2.24) is 0 Å². The highest BCUT2D eigenvalue weighted by Crippen LogP contribution is 2.11. The predicted octanol–water partition coefficient (Wildman–Crippen LogP) is 6.62. The van der Waals surface area contributed by atoms with Crippen molar-refractivity contribution in [3.8, 4) is 11.8 Å². The normalized spacial score (nSPS) is 13.9. The molecule has 174 valence electrons. The van der Waals surface area contributed by atoms with Crippen molar-refractivity contribution in [2.24, 2.45) is 0 Å². The van der Waals surface area contributed by atoms with E-state index in [4.69, 9.17) is 0 Å². The molecule has 0 aromatic heterocycles. The topological polar surface area (TPSA) is 57.5 Å². The summed E-state index contributed by atoms with van der Waals surface area (Å²) in [5, 5.41) is 19.6. The molecule has 0 fully saturated rings. The fourth-order valence-electron chi connectivity index (χ4n) is 3.02. The average Bonchev–Trinajstić information content (AvgIpc) is 2.73. The number of unbranched alkanes of at least 4 members (excludes halogenated alkanes) is 8. The summed E-state index contributed by atoms with van der Waals surface area (Å²) in [5.74, 6) is 5.88. The van der Waals surface area contributed by atoms with Crippen molar-refractivity contribution in [3.05, 3.63) is 48.6 Å². The van der Waals surface area contributed by atoms with Crippen LogP contribution in [0, 0.1) is 11.8 Å². The molecule has 3 nitrogen and oxygen atoms in total. The van der Waals surface area contributed by atoms with Crippen molar-refractivity contribution in [1.29, 1.82) is 0 Å². The first-order valence-electron chi connectivity index (χ1n) is 12.1. The van der Waals surface area contributed by atoms with E-state index in [0.717, 1.165) is 25.7 Å². The zero-order chi connectivity index (χ0) is 23.0. The van der Waals surface area contributed by atoms with E-state index in [0.29, 0.717) is 18.6 Å². The van der Waals surface area contributed by atoms with Crippen LogP contribution >= 0.6 is 0 Å². The van der Waals surface area contributed by atoms with E-state index < -0.39 is 12.2 Å². The average molecular weight is 429 g/mol. The first kappa shape index (κ1) is 29.1. The van der Waals surface area contributed by atoms with Gasteiger partial charge in [-0.25, -0.2) is 0 Å². The van der Waals surface area contributed by atoms with Gasteiger partial charge in [-0.3, -0.25) is 0 Å². The molecular formula is C28H44O3. The standard InChI is InChI=1S/C28H44O3/c1-3-4-16-22-27(30)24-19-14-15-20-25-28(31)23-18-13-11-9-7-5-6-8-10-12-17-21-26(2)29/h4,13-16,18,20,25,27-28,30-31H,3,5-12,17,21-23H2,1-2H3/b15-14+,16-4-,18-13-,25-20+/t27-,28-/m0/s1. The van der Waals surface area contributed by atoms with Gasteiger partial charge >= 0.3 is 0 Å². The van der Waals surface area contributed by atoms with Gasteiger partial charge in [0.2, 0.25) is 0 Å². The number of rotatable bonds is 18. The first-order chi connectivity index (χ1) is 15.1. The maximum Gasteiger partial charge on any atom is 0.129 e. The third-order valence-electron chi connectivity index (χ3n) is 4.83. The van der Waals surface area contributed by atoms with Crippen LogP contribution in [0.2, 0.25) is 0 Å². The number of aliphatic hydroxyl groups is 2. The molecule has 0 aliphatic heterocycles. The lowest BCUT2D eigenvalue weighted by molar-refractivity contribution is -0.117. The zero-order valence-corrected chi connectivity index (χ0v) is 19.8. The molecule has 2 N–H and O–H groups in total. The molecule has 0 heterocycles. The van der Waals surface area contributed by atoms with Gasteiger partial charge in [-0.05, 0) is 45.1 Å². The van der Waals surface area contributed by atoms with Crippen LogP contribution in [0.3, 0.4) is 0 Å². The summed E-state index contributed by atoms with van der Waals surface area (Å²) >= 11 is 0. The summed E-state index contributed by atoms with van der Waals surface area (Å²) in [6.45, 7) is 3.73. The van der Waals surface area contributed by atoms with Gasteiger partial charge in [0, 0.05) is 12.8 Å². The van der Waals surface area contributed by atoms with Crippen LogP contribution in [-0.2, 0) is 4.79 Å². The fraction of sp³-hybridized carbons (Fsp3) is 0.607. The van der Waals surface area contributed by atoms with Gasteiger partial charge in [-0.15, -0.1) is 0 Å². The van der Waals surface area contributed by atoms with E-state index >= 15 is 0 Å². The van der Waals surface area contributed by atoms with E-state index in [9.17, 15) is 15.0 Å². The molecule has 2 atom stereocenters. The number of carbonyl (C=O) groups is 1. The summed E-state index contributed by atoms with van der Waals surface area (Å²) < 4.78 is 0. The summed E-state index contributed by atoms with van der Waals surface area (Å²) in [6.07, 6.45) is 27.8. The van der Waals surface area contributed by atoms with E-state index in [1.807, 2.05) is 18.2 Å². The van der Waals surface area contributed by atoms with Crippen LogP contribution in [0.25, 0.3) is 0 Å². The van der Waals surface area contributed by atoms with E-state index in [1.165, 1.54) is 44.9 Å². The van der Waals surface area contributed by atoms with Crippen LogP contribution in [0.5, 0.6) is 0 Å². The fourth-order valence-corrected chi connectivity index (χ4v) is 3.02. The lowest BCUT2D eigenvalue weighted by Crippen LogP contribution is -1.99. The Balaban J connectivity index is 3.64. The molecule has 0 unspecified atom stereocenters. The molecule has 3 heteroatoms. The molecule has 0 radical (unpaired) electrons. The first-order valence-corrected chi connectivity index (χ1v) is 12.1. The molecular weight excluding hydrogens is 384 g/mol. The van der Waals surface area contributed by atoms with E-state index in [1.54, 1.807) is 31.2 Å². The van der Waals surface area contributed by atoms with Crippen molar-refractivity contribution in [3.63, 3.8) is 0 Å². The third-order valence-corrected chi connectivity index (χ3v) is 4.83. The van der Waals surface area contributed by atoms with Gasteiger partial charge in [0.15, 0.2) is 0 Å². The number of carbonyl (C=O) groups excluding carboxylic acids is 1. The van der Waals surface area contributed by atoms with Crippen LogP contribution < -0.4 is 0 Å². The maximum atomic E-state index is 10.9. The largest absolute Gasteiger partial charge is 0.389 e. The molecule has 31 heavy (non-hydrogen) atoms. The molecule has 0 aliphatic carbocycles. The van der Waals surface area contributed by atoms with Crippen molar-refractivity contribution in [2.45, 2.75) is 110 Å². The molecule has 0 amide bonds. The number of hydrogen-bond donors (Lipinski definition) is 2. The second-order valence-electron chi connectivity index (χ2n) is 8.01. The highest BCUT2D eigenvalue weighted by Gasteiger charge is 1.96. The Bertz CT molecular complexity index is 601. The molecule has 0 spiro atoms. The molecule has 0 aromatic carbocycles. The maximum absolute atomic E-state index is 10.9. The summed E-state index contributed by atoms with van der Waals surface area (Å²) in [5.41, 5.74) is 0. The van der Waals surface area contributed by atoms with Gasteiger partial charge in [-0.1, -0.05) is 99.8 Å². The Morgan fingerprint density at radius 3 is 2.16 bits per heavy atom. The van der Waals surface area contributed by atoms with Gasteiger partial charge in [0.25, 0.3) is 0 Å². The Morgan fingerprint density at radius 2 is 1.48 bits per heavy atom. The van der Waals surface area contributed by atoms with Gasteiger partial charge in [0.1, 0.15) is 11.9 Å². The molecule has 0 saturated carbocycles. The SMILES string of the molecule is CC/C=C\C[C@H](O)C#C/C=C/C=C/[C@@H](O)C/C=C\CCCCCCCCCCC(C)=O. The van der Waals surface area contributed by atoms with E-state index in [-0.39, 0.29) is 0 Å². The molecule has 0 saturated heterocycles. The van der Waals surface area contributed by atoms with Crippen LogP contribution in [0.4, 0.5) is 0 Å². The lowest BCUT2D eigenvalue weighted by atomic mass is 10.1. The Kier molecular flexibility index (Phi) is 21.4. The van der Waals surface area contributed by atoms with Gasteiger partial charge in [0.05, 0.1) is 6.10 Å². The molecule has 0 aromatic rings. The highest BCUT2D eigenvalue weighted by atomic mass is 16.3. The smallest absolute Gasteiger partial charge is 0.129 e. The lowest BCUT2D eigenvalue weighted by Gasteiger charge is -2.01. The minimum atomic E-state index is -0.629. The molecule has 0 rings (SSSR count). The minimum absolute atomic E-state index is 0.307. The van der Waals surface area contributed by atoms with Crippen LogP contribution in [0.15, 0.2) is 48.6 Å². The zero-order valence-electron chi connectivity index (χ0n) is 19.8. The second kappa shape index (κ2) is 22.8. The number of Topliss-reactive ketones (excluding diaryl/α,β-unsaturated/α-hetero) is 1. The second-order valence-corrected chi connectivity index (χ2v) is 8.01. The molecule has 0 bridgehead atoms. The quantitative estimate of drug-likeness (QED) is 0.112. The van der Waals surface area contributed by atoms with Crippen molar-refractivity contribution in [2.75, 3.05) is 0 Å². The number of aliphatic hydroxyl groups excluding tert-OH is 2. The third kappa shape index (κ3) is 24.3. The highest BCUT2D eigenvalue weighted by molar-refractivity contribution is 5.75. The Labute approximate surface area is 191 Å². The van der Waals surface area contributed by atoms with Gasteiger partial charge < -0.3 is 15.0 Å². The molecule has 0 aliphatic rings. The van der Waals surface area contributed by atoms with Crippen LogP contribution in [-0.4, -0.2) is 28.2 Å². The van der Waals surface area contributed by atoms with E-state index in [2.05, 4.69) is 24.8 Å². The number of hydrogen-bond acceptors (Lipinski definition) is 3. The number of allylic oxidation sites excluding steroid dienone is 5. The van der Waals surface area contributed by atoms with Gasteiger partial charge in [-0.2, -0.15) is 0 Å². The van der Waals surface area contributed by atoms with Crippen molar-refractivity contribution >= 4 is 5.78 Å². The Morgan fingerprint density at radius 1 is 0.839 bits per heavy atom. The van der Waals surface area contributed by atoms with Crippen LogP contribution in [0.1, 0.15) is 97.3 Å². The van der Waals surface area contributed by atoms with Crippen molar-refractivity contribution < 1.29 is 15.0 Å². The summed E-state index contributed by atoms with van der Waals surface area (Å²) in [7, 11) is 0. The number of ketones is 1. The summed E-state index contributed by atoms with van der Waals surface area (Å²) in [6, 6.07) is 0. The minimum Gasteiger partial charge on any atom is -0.389 e. The monoisotopic (exact) mass is 428 g/mol. The summed E-state index contributed by atoms with van der Waals surface area (Å²) in [4.78, 5) is 10.9. The predicted molar refractivity (Wildman–Crippen MR) is 133 cm³/mol. The Hall–Kier alpha value is -1.89.